The van der Waals surface area contributed by atoms with Crippen molar-refractivity contribution < 1.29 is 14.7 Å². The van der Waals surface area contributed by atoms with Gasteiger partial charge in [0.15, 0.2) is 0 Å². The number of aliphatic carboxylic acids is 1. The predicted molar refractivity (Wildman–Crippen MR) is 60.8 cm³/mol. The third-order valence-corrected chi connectivity index (χ3v) is 3.94. The Kier molecular flexibility index (Phi) is 3.61. The minimum absolute atomic E-state index is 0.188. The second-order valence-electron chi connectivity index (χ2n) is 3.80. The lowest BCUT2D eigenvalue weighted by Gasteiger charge is -2.23. The topological polar surface area (TPSA) is 69.6 Å². The number of nitrogens with one attached hydrogen (secondary N) is 1. The molecular formula is C9H12ClN2O3S. The molecule has 2 aliphatic rings. The van der Waals surface area contributed by atoms with Crippen LogP contribution < -0.4 is 5.32 Å². The van der Waals surface area contributed by atoms with Crippen LogP contribution in [0.1, 0.15) is 12.8 Å². The van der Waals surface area contributed by atoms with E-state index < -0.39 is 12.0 Å². The summed E-state index contributed by atoms with van der Waals surface area (Å²) in [5.74, 6) is 0.846. The Morgan fingerprint density at radius 3 is 2.81 bits per heavy atom. The minimum atomic E-state index is -0.963. The second-order valence-corrected chi connectivity index (χ2v) is 5.21. The van der Waals surface area contributed by atoms with Crippen LogP contribution in [0.15, 0.2) is 0 Å². The number of rotatable bonds is 2. The Balaban J connectivity index is 2.01. The third kappa shape index (κ3) is 2.28. The fraction of sp³-hybridized carbons (Fsp3) is 0.667. The van der Waals surface area contributed by atoms with Crippen molar-refractivity contribution in [1.82, 2.24) is 10.2 Å². The van der Waals surface area contributed by atoms with E-state index in [1.807, 2.05) is 0 Å². The molecule has 2 saturated heterocycles. The van der Waals surface area contributed by atoms with Gasteiger partial charge in [0.2, 0.25) is 5.91 Å². The summed E-state index contributed by atoms with van der Waals surface area (Å²) in [4.78, 5) is 24.2. The molecule has 3 atom stereocenters. The van der Waals surface area contributed by atoms with Crippen LogP contribution >= 0.6 is 23.4 Å². The highest BCUT2D eigenvalue weighted by atomic mass is 35.5. The summed E-state index contributed by atoms with van der Waals surface area (Å²) in [6, 6.07) is -1.09. The number of carboxylic acids is 1. The monoisotopic (exact) mass is 263 g/mol. The zero-order chi connectivity index (χ0) is 11.7. The van der Waals surface area contributed by atoms with Gasteiger partial charge in [-0.05, 0) is 12.8 Å². The number of amides is 1. The number of halogens is 1. The first-order valence-electron chi connectivity index (χ1n) is 4.99. The van der Waals surface area contributed by atoms with E-state index in [-0.39, 0.29) is 17.5 Å². The number of carbonyl (C=O) groups excluding carboxylic acids is 1. The van der Waals surface area contributed by atoms with Crippen LogP contribution in [0.3, 0.4) is 0 Å². The Labute approximate surface area is 103 Å². The van der Waals surface area contributed by atoms with E-state index in [2.05, 4.69) is 5.32 Å². The molecule has 0 aromatic heterocycles. The zero-order valence-electron chi connectivity index (χ0n) is 8.43. The van der Waals surface area contributed by atoms with Crippen LogP contribution in [0, 0.1) is 5.88 Å². The maximum absolute atomic E-state index is 12.0. The van der Waals surface area contributed by atoms with E-state index in [0.29, 0.717) is 12.2 Å². The molecule has 89 valence electrons. The summed E-state index contributed by atoms with van der Waals surface area (Å²) in [7, 11) is 0. The normalized spacial score (nSPS) is 34.3. The van der Waals surface area contributed by atoms with E-state index in [4.69, 9.17) is 16.7 Å². The lowest BCUT2D eigenvalue weighted by atomic mass is 10.2. The molecule has 0 aliphatic carbocycles. The van der Waals surface area contributed by atoms with Gasteiger partial charge < -0.3 is 10.0 Å². The highest BCUT2D eigenvalue weighted by Gasteiger charge is 2.39. The number of carbonyl (C=O) groups is 2. The van der Waals surface area contributed by atoms with Crippen molar-refractivity contribution in [3.63, 3.8) is 0 Å². The van der Waals surface area contributed by atoms with Crippen LogP contribution in [-0.4, -0.2) is 45.2 Å². The largest absolute Gasteiger partial charge is 0.480 e. The number of thioether (sulfide) groups is 1. The van der Waals surface area contributed by atoms with Crippen molar-refractivity contribution in [2.24, 2.45) is 0 Å². The van der Waals surface area contributed by atoms with Gasteiger partial charge in [0.05, 0.1) is 11.5 Å². The quantitative estimate of drug-likeness (QED) is 0.559. The molecule has 0 saturated carbocycles. The molecule has 1 amide bonds. The molecule has 2 N–H and O–H groups in total. The van der Waals surface area contributed by atoms with Crippen molar-refractivity contribution in [2.75, 3.05) is 5.75 Å². The summed E-state index contributed by atoms with van der Waals surface area (Å²) in [6.07, 6.45) is 1.39. The molecule has 0 bridgehead atoms. The van der Waals surface area contributed by atoms with Gasteiger partial charge in [-0.3, -0.25) is 10.1 Å². The van der Waals surface area contributed by atoms with E-state index in [9.17, 15) is 9.59 Å². The van der Waals surface area contributed by atoms with Crippen molar-refractivity contribution in [3.05, 3.63) is 5.88 Å². The van der Waals surface area contributed by atoms with Gasteiger partial charge in [-0.25, -0.2) is 4.79 Å². The molecule has 0 unspecified atom stereocenters. The van der Waals surface area contributed by atoms with Crippen LogP contribution in [0.5, 0.6) is 0 Å². The Morgan fingerprint density at radius 1 is 1.50 bits per heavy atom. The van der Waals surface area contributed by atoms with Crippen LogP contribution in [-0.2, 0) is 9.59 Å². The second kappa shape index (κ2) is 4.81. The number of hydrogen-bond donors (Lipinski definition) is 2. The molecule has 2 heterocycles. The van der Waals surface area contributed by atoms with Gasteiger partial charge in [0, 0.05) is 5.75 Å². The standard InChI is InChI=1S/C9H12ClN2O3S/c10-7-2-1-5(11-7)8(13)12-4-16-3-6(12)9(14)15/h4-7,11H,1-3H2,(H,14,15)/t5-,6-,7+/m0/s1. The molecule has 2 fully saturated rings. The number of hydrogen-bond acceptors (Lipinski definition) is 4. The molecule has 2 rings (SSSR count). The lowest BCUT2D eigenvalue weighted by Crippen LogP contribution is -2.48. The maximum atomic E-state index is 12.0. The summed E-state index contributed by atoms with van der Waals surface area (Å²) in [5, 5.41) is 11.9. The van der Waals surface area contributed by atoms with Crippen LogP contribution in [0.25, 0.3) is 0 Å². The third-order valence-electron chi connectivity index (χ3n) is 2.71. The van der Waals surface area contributed by atoms with E-state index in [1.165, 1.54) is 16.7 Å². The Morgan fingerprint density at radius 2 is 2.25 bits per heavy atom. The molecule has 0 aromatic carbocycles. The average molecular weight is 264 g/mol. The molecule has 7 heteroatoms. The maximum Gasteiger partial charge on any atom is 0.327 e. The lowest BCUT2D eigenvalue weighted by molar-refractivity contribution is -0.147. The highest BCUT2D eigenvalue weighted by molar-refractivity contribution is 8.01. The number of alkyl halides is 1. The minimum Gasteiger partial charge on any atom is -0.480 e. The van der Waals surface area contributed by atoms with Crippen molar-refractivity contribution in [1.29, 1.82) is 0 Å². The Bertz CT molecular complexity index is 315. The predicted octanol–water partition coefficient (Wildman–Crippen LogP) is 0.451. The van der Waals surface area contributed by atoms with Crippen LogP contribution in [0.2, 0.25) is 0 Å². The van der Waals surface area contributed by atoms with Gasteiger partial charge >= 0.3 is 5.97 Å². The van der Waals surface area contributed by atoms with Crippen molar-refractivity contribution in [2.45, 2.75) is 30.4 Å². The van der Waals surface area contributed by atoms with Gasteiger partial charge in [0.25, 0.3) is 0 Å². The first-order valence-corrected chi connectivity index (χ1v) is 6.48. The highest BCUT2D eigenvalue weighted by Crippen LogP contribution is 2.28. The van der Waals surface area contributed by atoms with E-state index in [1.54, 1.807) is 5.88 Å². The SMILES string of the molecule is O=C(O)[C@@H]1CS[CH]N1C(=O)[C@@H]1CC[C@H](Cl)N1. The van der Waals surface area contributed by atoms with Gasteiger partial charge in [-0.15, -0.1) is 23.4 Å². The summed E-state index contributed by atoms with van der Waals surface area (Å²) >= 11 is 7.19. The van der Waals surface area contributed by atoms with E-state index >= 15 is 0 Å². The fourth-order valence-corrected chi connectivity index (χ4v) is 3.10. The van der Waals surface area contributed by atoms with E-state index in [0.717, 1.165) is 6.42 Å². The molecule has 1 radical (unpaired) electrons. The number of nitrogens with zero attached hydrogens (tertiary/aromatic N) is 1. The summed E-state index contributed by atoms with van der Waals surface area (Å²) in [5.41, 5.74) is -0.188. The zero-order valence-corrected chi connectivity index (χ0v) is 10.0. The Hall–Kier alpha value is -0.460. The van der Waals surface area contributed by atoms with Gasteiger partial charge in [0.1, 0.15) is 11.9 Å². The van der Waals surface area contributed by atoms with Crippen LogP contribution in [0.4, 0.5) is 0 Å². The molecular weight excluding hydrogens is 252 g/mol. The van der Waals surface area contributed by atoms with Crippen molar-refractivity contribution in [3.8, 4) is 0 Å². The average Bonchev–Trinajstić information content (AvgIpc) is 2.84. The molecule has 2 aliphatic heterocycles. The summed E-state index contributed by atoms with van der Waals surface area (Å²) in [6.45, 7) is 0. The first-order chi connectivity index (χ1) is 7.59. The van der Waals surface area contributed by atoms with Crippen molar-refractivity contribution >= 4 is 35.2 Å². The molecule has 5 nitrogen and oxygen atoms in total. The summed E-state index contributed by atoms with van der Waals surface area (Å²) < 4.78 is 0. The first kappa shape index (κ1) is 12.0. The van der Waals surface area contributed by atoms with Gasteiger partial charge in [-0.1, -0.05) is 0 Å². The molecule has 0 aromatic rings. The fourth-order valence-electron chi connectivity index (χ4n) is 1.84. The smallest absolute Gasteiger partial charge is 0.327 e. The number of carboxylic acid groups (broad SMARTS) is 1. The van der Waals surface area contributed by atoms with Gasteiger partial charge in [-0.2, -0.15) is 0 Å². The molecule has 16 heavy (non-hydrogen) atoms. The molecule has 0 spiro atoms.